The van der Waals surface area contributed by atoms with Gasteiger partial charge >= 0.3 is 0 Å². The topological polar surface area (TPSA) is 61.4 Å². The summed E-state index contributed by atoms with van der Waals surface area (Å²) >= 11 is 7.57. The van der Waals surface area contributed by atoms with E-state index < -0.39 is 0 Å². The number of hydrogen-bond donors (Lipinski definition) is 2. The summed E-state index contributed by atoms with van der Waals surface area (Å²) in [4.78, 5) is 28.8. The number of hydrogen-bond acceptors (Lipinski definition) is 4. The van der Waals surface area contributed by atoms with Crippen LogP contribution in [0.1, 0.15) is 36.2 Å². The van der Waals surface area contributed by atoms with Crippen molar-refractivity contribution in [3.05, 3.63) is 63.5 Å². The fourth-order valence-corrected chi connectivity index (χ4v) is 4.29. The van der Waals surface area contributed by atoms with Gasteiger partial charge in [-0.15, -0.1) is 0 Å². The minimum absolute atomic E-state index is 0.131. The molecule has 7 heteroatoms. The van der Waals surface area contributed by atoms with Crippen LogP contribution in [0.4, 0.5) is 5.69 Å². The third-order valence-corrected chi connectivity index (χ3v) is 6.40. The maximum Gasteiger partial charge on any atom is 0.262 e. The van der Waals surface area contributed by atoms with E-state index in [1.165, 1.54) is 11.8 Å². The lowest BCUT2D eigenvalue weighted by Crippen LogP contribution is -2.30. The van der Waals surface area contributed by atoms with E-state index in [0.717, 1.165) is 36.5 Å². The Bertz CT molecular complexity index is 957. The van der Waals surface area contributed by atoms with Crippen molar-refractivity contribution in [2.45, 2.75) is 25.2 Å². The first-order valence-corrected chi connectivity index (χ1v) is 11.3. The number of carbonyl (C=O) groups excluding carboxylic acids is 2. The van der Waals surface area contributed by atoms with E-state index in [1.54, 1.807) is 24.3 Å². The number of thioether (sulfide) groups is 1. The van der Waals surface area contributed by atoms with Crippen molar-refractivity contribution in [2.24, 2.45) is 0 Å². The standard InChI is InChI=1S/C23H26ClN3O2S/c1-3-27(4-2)13-7-12-25-22(28)17-10-11-20-19(14-17)26-23(29)21(30-20)15-16-8-5-6-9-18(16)24/h5-6,8-11,14-15H,3-4,7,12-13H2,1-2H3,(H,25,28)(H,26,29). The zero-order valence-corrected chi connectivity index (χ0v) is 18.8. The molecule has 2 aromatic rings. The van der Waals surface area contributed by atoms with Crippen LogP contribution < -0.4 is 10.6 Å². The van der Waals surface area contributed by atoms with Gasteiger partial charge in [0, 0.05) is 22.0 Å². The molecule has 1 heterocycles. The number of benzene rings is 2. The van der Waals surface area contributed by atoms with Gasteiger partial charge in [-0.2, -0.15) is 0 Å². The number of rotatable bonds is 8. The quantitative estimate of drug-likeness (QED) is 0.450. The molecular formula is C23H26ClN3O2S. The Morgan fingerprint density at radius 1 is 1.20 bits per heavy atom. The van der Waals surface area contributed by atoms with E-state index in [1.807, 2.05) is 24.3 Å². The van der Waals surface area contributed by atoms with Crippen molar-refractivity contribution in [2.75, 3.05) is 31.5 Å². The van der Waals surface area contributed by atoms with Gasteiger partial charge in [-0.1, -0.05) is 55.4 Å². The molecule has 0 atom stereocenters. The van der Waals surface area contributed by atoms with Gasteiger partial charge in [-0.25, -0.2) is 0 Å². The molecule has 0 radical (unpaired) electrons. The molecule has 5 nitrogen and oxygen atoms in total. The van der Waals surface area contributed by atoms with E-state index in [2.05, 4.69) is 29.4 Å². The van der Waals surface area contributed by atoms with Crippen molar-refractivity contribution < 1.29 is 9.59 Å². The second-order valence-corrected chi connectivity index (χ2v) is 8.42. The number of nitrogens with zero attached hydrogens (tertiary/aromatic N) is 1. The van der Waals surface area contributed by atoms with Crippen LogP contribution in [0.15, 0.2) is 52.3 Å². The van der Waals surface area contributed by atoms with Crippen LogP contribution in [0.2, 0.25) is 5.02 Å². The molecule has 2 aromatic carbocycles. The van der Waals surface area contributed by atoms with E-state index in [4.69, 9.17) is 11.6 Å². The Hall–Kier alpha value is -2.28. The molecule has 2 N–H and O–H groups in total. The molecule has 0 fully saturated rings. The molecule has 0 saturated heterocycles. The van der Waals surface area contributed by atoms with Crippen LogP contribution in [0.5, 0.6) is 0 Å². The van der Waals surface area contributed by atoms with Gasteiger partial charge in [-0.05, 0) is 62.0 Å². The summed E-state index contributed by atoms with van der Waals surface area (Å²) in [5.41, 5.74) is 1.98. The fraction of sp³-hybridized carbons (Fsp3) is 0.304. The van der Waals surface area contributed by atoms with Gasteiger partial charge in [-0.3, -0.25) is 9.59 Å². The zero-order valence-electron chi connectivity index (χ0n) is 17.2. The summed E-state index contributed by atoms with van der Waals surface area (Å²) in [6, 6.07) is 12.8. The summed E-state index contributed by atoms with van der Waals surface area (Å²) in [6.07, 6.45) is 2.68. The van der Waals surface area contributed by atoms with Crippen LogP contribution in [0, 0.1) is 0 Å². The molecule has 0 unspecified atom stereocenters. The molecule has 1 aliphatic rings. The van der Waals surface area contributed by atoms with Gasteiger partial charge < -0.3 is 15.5 Å². The van der Waals surface area contributed by atoms with Crippen molar-refractivity contribution in [3.63, 3.8) is 0 Å². The second kappa shape index (κ2) is 10.7. The van der Waals surface area contributed by atoms with Crippen LogP contribution >= 0.6 is 23.4 Å². The number of anilines is 1. The molecule has 1 aliphatic heterocycles. The SMILES string of the molecule is CCN(CC)CCCNC(=O)c1ccc2c(c1)NC(=O)C(=Cc1ccccc1Cl)S2. The summed E-state index contributed by atoms with van der Waals surface area (Å²) in [7, 11) is 0. The highest BCUT2D eigenvalue weighted by atomic mass is 35.5. The number of nitrogens with one attached hydrogen (secondary N) is 2. The highest BCUT2D eigenvalue weighted by molar-refractivity contribution is 8.04. The normalized spacial score (nSPS) is 14.5. The van der Waals surface area contributed by atoms with Crippen LogP contribution in [0.25, 0.3) is 6.08 Å². The third kappa shape index (κ3) is 5.65. The fourth-order valence-electron chi connectivity index (χ4n) is 3.18. The Morgan fingerprint density at radius 2 is 1.97 bits per heavy atom. The molecule has 3 rings (SSSR count). The Balaban J connectivity index is 1.64. The summed E-state index contributed by atoms with van der Waals surface area (Å²) in [5, 5.41) is 6.44. The minimum Gasteiger partial charge on any atom is -0.352 e. The van der Waals surface area contributed by atoms with Gasteiger partial charge in [0.15, 0.2) is 0 Å². The van der Waals surface area contributed by atoms with E-state index in [-0.39, 0.29) is 11.8 Å². The molecule has 158 valence electrons. The van der Waals surface area contributed by atoms with Gasteiger partial charge in [0.1, 0.15) is 0 Å². The summed E-state index contributed by atoms with van der Waals surface area (Å²) in [5.74, 6) is -0.335. The average molecular weight is 444 g/mol. The largest absolute Gasteiger partial charge is 0.352 e. The first-order chi connectivity index (χ1) is 14.5. The first-order valence-electron chi connectivity index (χ1n) is 10.1. The lowest BCUT2D eigenvalue weighted by molar-refractivity contribution is -0.112. The van der Waals surface area contributed by atoms with E-state index in [0.29, 0.717) is 27.7 Å². The predicted molar refractivity (Wildman–Crippen MR) is 125 cm³/mol. The molecule has 0 saturated carbocycles. The monoisotopic (exact) mass is 443 g/mol. The number of amides is 2. The lowest BCUT2D eigenvalue weighted by atomic mass is 10.1. The average Bonchev–Trinajstić information content (AvgIpc) is 2.75. The maximum atomic E-state index is 12.5. The molecule has 0 spiro atoms. The zero-order chi connectivity index (χ0) is 21.5. The van der Waals surface area contributed by atoms with Crippen molar-refractivity contribution in [3.8, 4) is 0 Å². The van der Waals surface area contributed by atoms with Gasteiger partial charge in [0.05, 0.1) is 10.6 Å². The molecule has 0 aliphatic carbocycles. The second-order valence-electron chi connectivity index (χ2n) is 6.93. The molecule has 0 aromatic heterocycles. The molecule has 0 bridgehead atoms. The summed E-state index contributed by atoms with van der Waals surface area (Å²) < 4.78 is 0. The molecular weight excluding hydrogens is 418 g/mol. The van der Waals surface area contributed by atoms with Crippen molar-refractivity contribution in [1.82, 2.24) is 10.2 Å². The number of halogens is 1. The summed E-state index contributed by atoms with van der Waals surface area (Å²) in [6.45, 7) is 7.88. The Morgan fingerprint density at radius 3 is 2.70 bits per heavy atom. The lowest BCUT2D eigenvalue weighted by Gasteiger charge is -2.20. The molecule has 30 heavy (non-hydrogen) atoms. The Labute approximate surface area is 186 Å². The van der Waals surface area contributed by atoms with Crippen LogP contribution in [-0.2, 0) is 4.79 Å². The molecule has 2 amide bonds. The number of carbonyl (C=O) groups is 2. The highest BCUT2D eigenvalue weighted by Crippen LogP contribution is 2.39. The minimum atomic E-state index is -0.204. The third-order valence-electron chi connectivity index (χ3n) is 4.96. The van der Waals surface area contributed by atoms with E-state index >= 15 is 0 Å². The highest BCUT2D eigenvalue weighted by Gasteiger charge is 2.22. The van der Waals surface area contributed by atoms with Crippen LogP contribution in [0.3, 0.4) is 0 Å². The van der Waals surface area contributed by atoms with Gasteiger partial charge in [0.25, 0.3) is 11.8 Å². The number of fused-ring (bicyclic) bond motifs is 1. The maximum absolute atomic E-state index is 12.5. The van der Waals surface area contributed by atoms with Crippen molar-refractivity contribution in [1.29, 1.82) is 0 Å². The smallest absolute Gasteiger partial charge is 0.262 e. The van der Waals surface area contributed by atoms with Crippen LogP contribution in [-0.4, -0.2) is 42.9 Å². The predicted octanol–water partition coefficient (Wildman–Crippen LogP) is 4.89. The van der Waals surface area contributed by atoms with Crippen molar-refractivity contribution >= 4 is 46.9 Å². The van der Waals surface area contributed by atoms with Gasteiger partial charge in [0.2, 0.25) is 0 Å². The van der Waals surface area contributed by atoms with E-state index in [9.17, 15) is 9.59 Å². The first kappa shape index (κ1) is 22.4. The Kier molecular flexibility index (Phi) is 7.96.